The number of carbonyl (C=O) groups excluding carboxylic acids is 1. The molecule has 2 aliphatic carbocycles. The summed E-state index contributed by atoms with van der Waals surface area (Å²) in [6.45, 7) is 4.52. The van der Waals surface area contributed by atoms with Crippen molar-refractivity contribution in [3.8, 4) is 0 Å². The highest BCUT2D eigenvalue weighted by molar-refractivity contribution is 5.87. The molecule has 0 aromatic rings. The van der Waals surface area contributed by atoms with E-state index < -0.39 is 0 Å². The molecule has 68 valence electrons. The monoisotopic (exact) mass is 166 g/mol. The molecule has 0 bridgehead atoms. The van der Waals surface area contributed by atoms with E-state index in [-0.39, 0.29) is 5.41 Å². The van der Waals surface area contributed by atoms with Crippen molar-refractivity contribution in [2.45, 2.75) is 46.0 Å². The van der Waals surface area contributed by atoms with Gasteiger partial charge in [-0.05, 0) is 37.5 Å². The van der Waals surface area contributed by atoms with Gasteiger partial charge in [-0.1, -0.05) is 13.8 Å². The van der Waals surface area contributed by atoms with Crippen molar-refractivity contribution in [3.63, 3.8) is 0 Å². The first-order valence-electron chi connectivity index (χ1n) is 5.16. The van der Waals surface area contributed by atoms with Crippen LogP contribution < -0.4 is 0 Å². The van der Waals surface area contributed by atoms with E-state index in [2.05, 4.69) is 13.8 Å². The second kappa shape index (κ2) is 2.58. The lowest BCUT2D eigenvalue weighted by Crippen LogP contribution is -2.34. The summed E-state index contributed by atoms with van der Waals surface area (Å²) in [5.41, 5.74) is 0.0898. The zero-order chi connectivity index (χ0) is 8.77. The van der Waals surface area contributed by atoms with Gasteiger partial charge in [0, 0.05) is 11.8 Å². The Bertz CT molecular complexity index is 209. The van der Waals surface area contributed by atoms with Gasteiger partial charge in [-0.15, -0.1) is 0 Å². The normalized spacial score (nSPS) is 47.7. The molecule has 0 spiro atoms. The van der Waals surface area contributed by atoms with Gasteiger partial charge in [0.1, 0.15) is 5.78 Å². The SMILES string of the molecule is CC1CCC2(C)C(=O)CCC2C1. The second-order valence-electron chi connectivity index (χ2n) is 4.96. The van der Waals surface area contributed by atoms with Crippen LogP contribution in [-0.4, -0.2) is 5.78 Å². The molecule has 0 heterocycles. The summed E-state index contributed by atoms with van der Waals surface area (Å²) < 4.78 is 0. The average molecular weight is 166 g/mol. The molecule has 0 amide bonds. The average Bonchev–Trinajstić information content (AvgIpc) is 2.31. The maximum atomic E-state index is 11.6. The van der Waals surface area contributed by atoms with Gasteiger partial charge in [-0.25, -0.2) is 0 Å². The molecule has 0 N–H and O–H groups in total. The fourth-order valence-corrected chi connectivity index (χ4v) is 3.01. The van der Waals surface area contributed by atoms with E-state index in [1.165, 1.54) is 19.3 Å². The Morgan fingerprint density at radius 3 is 2.92 bits per heavy atom. The Kier molecular flexibility index (Phi) is 1.78. The lowest BCUT2D eigenvalue weighted by Gasteiger charge is -2.37. The summed E-state index contributed by atoms with van der Waals surface area (Å²) in [5, 5.41) is 0. The summed E-state index contributed by atoms with van der Waals surface area (Å²) in [4.78, 5) is 11.6. The van der Waals surface area contributed by atoms with Gasteiger partial charge >= 0.3 is 0 Å². The first-order valence-corrected chi connectivity index (χ1v) is 5.16. The molecule has 3 atom stereocenters. The van der Waals surface area contributed by atoms with E-state index in [0.29, 0.717) is 11.7 Å². The zero-order valence-corrected chi connectivity index (χ0v) is 8.10. The minimum absolute atomic E-state index is 0.0898. The number of carbonyl (C=O) groups is 1. The van der Waals surface area contributed by atoms with Gasteiger partial charge in [0.25, 0.3) is 0 Å². The Balaban J connectivity index is 2.19. The molecular formula is C11H18O. The van der Waals surface area contributed by atoms with Crippen LogP contribution in [0.25, 0.3) is 0 Å². The van der Waals surface area contributed by atoms with E-state index in [0.717, 1.165) is 18.8 Å². The Labute approximate surface area is 74.5 Å². The molecule has 0 aliphatic heterocycles. The summed E-state index contributed by atoms with van der Waals surface area (Å²) in [6.07, 6.45) is 5.73. The number of hydrogen-bond donors (Lipinski definition) is 0. The van der Waals surface area contributed by atoms with Gasteiger partial charge in [-0.3, -0.25) is 4.79 Å². The highest BCUT2D eigenvalue weighted by Crippen LogP contribution is 2.51. The first kappa shape index (κ1) is 8.28. The third kappa shape index (κ3) is 1.02. The van der Waals surface area contributed by atoms with Crippen LogP contribution in [0.15, 0.2) is 0 Å². The number of rotatable bonds is 0. The van der Waals surface area contributed by atoms with Crippen LogP contribution in [0.2, 0.25) is 0 Å². The number of fused-ring (bicyclic) bond motifs is 1. The maximum Gasteiger partial charge on any atom is 0.139 e. The summed E-state index contributed by atoms with van der Waals surface area (Å²) >= 11 is 0. The highest BCUT2D eigenvalue weighted by Gasteiger charge is 2.47. The van der Waals surface area contributed by atoms with Crippen LogP contribution in [0.1, 0.15) is 46.0 Å². The highest BCUT2D eigenvalue weighted by atomic mass is 16.1. The minimum Gasteiger partial charge on any atom is -0.299 e. The van der Waals surface area contributed by atoms with Crippen LogP contribution in [0.5, 0.6) is 0 Å². The molecule has 0 saturated heterocycles. The molecule has 2 rings (SSSR count). The molecule has 2 aliphatic rings. The number of Topliss-reactive ketones (excluding diaryl/α,β-unsaturated/α-hetero) is 1. The van der Waals surface area contributed by atoms with E-state index >= 15 is 0 Å². The molecule has 2 saturated carbocycles. The third-order valence-electron chi connectivity index (χ3n) is 4.10. The third-order valence-corrected chi connectivity index (χ3v) is 4.10. The summed E-state index contributed by atoms with van der Waals surface area (Å²) in [6, 6.07) is 0. The second-order valence-corrected chi connectivity index (χ2v) is 4.96. The lowest BCUT2D eigenvalue weighted by atomic mass is 9.66. The molecule has 1 heteroatoms. The summed E-state index contributed by atoms with van der Waals surface area (Å²) in [7, 11) is 0. The van der Waals surface area contributed by atoms with Gasteiger partial charge in [0.15, 0.2) is 0 Å². The molecule has 12 heavy (non-hydrogen) atoms. The zero-order valence-electron chi connectivity index (χ0n) is 8.10. The van der Waals surface area contributed by atoms with E-state index in [1.807, 2.05) is 0 Å². The molecule has 1 nitrogen and oxygen atoms in total. The van der Waals surface area contributed by atoms with Crippen molar-refractivity contribution in [1.82, 2.24) is 0 Å². The van der Waals surface area contributed by atoms with Gasteiger partial charge < -0.3 is 0 Å². The molecule has 2 fully saturated rings. The van der Waals surface area contributed by atoms with Gasteiger partial charge in [0.05, 0.1) is 0 Å². The fourth-order valence-electron chi connectivity index (χ4n) is 3.01. The van der Waals surface area contributed by atoms with Crippen molar-refractivity contribution in [1.29, 1.82) is 0 Å². The van der Waals surface area contributed by atoms with E-state index in [1.54, 1.807) is 0 Å². The van der Waals surface area contributed by atoms with Crippen molar-refractivity contribution < 1.29 is 4.79 Å². The number of ketones is 1. The van der Waals surface area contributed by atoms with Crippen LogP contribution in [0.3, 0.4) is 0 Å². The largest absolute Gasteiger partial charge is 0.299 e. The molecule has 3 unspecified atom stereocenters. The smallest absolute Gasteiger partial charge is 0.139 e. The molecule has 0 aromatic heterocycles. The Morgan fingerprint density at radius 2 is 2.17 bits per heavy atom. The predicted octanol–water partition coefficient (Wildman–Crippen LogP) is 2.79. The standard InChI is InChI=1S/C11H18O/c1-8-5-6-11(2)9(7-8)3-4-10(11)12/h8-9H,3-7H2,1-2H3. The van der Waals surface area contributed by atoms with Crippen LogP contribution in [-0.2, 0) is 4.79 Å². The van der Waals surface area contributed by atoms with Crippen molar-refractivity contribution in [2.24, 2.45) is 17.3 Å². The first-order chi connectivity index (χ1) is 5.63. The van der Waals surface area contributed by atoms with Gasteiger partial charge in [0.2, 0.25) is 0 Å². The molecular weight excluding hydrogens is 148 g/mol. The Morgan fingerprint density at radius 1 is 1.42 bits per heavy atom. The quantitative estimate of drug-likeness (QED) is 0.541. The van der Waals surface area contributed by atoms with Crippen LogP contribution >= 0.6 is 0 Å². The lowest BCUT2D eigenvalue weighted by molar-refractivity contribution is -0.128. The van der Waals surface area contributed by atoms with Crippen molar-refractivity contribution in [2.75, 3.05) is 0 Å². The topological polar surface area (TPSA) is 17.1 Å². The van der Waals surface area contributed by atoms with Crippen molar-refractivity contribution >= 4 is 5.78 Å². The molecule has 0 radical (unpaired) electrons. The maximum absolute atomic E-state index is 11.6. The fraction of sp³-hybridized carbons (Fsp3) is 0.909. The number of hydrogen-bond acceptors (Lipinski definition) is 1. The van der Waals surface area contributed by atoms with Crippen LogP contribution in [0, 0.1) is 17.3 Å². The van der Waals surface area contributed by atoms with E-state index in [4.69, 9.17) is 0 Å². The minimum atomic E-state index is 0.0898. The Hall–Kier alpha value is -0.330. The van der Waals surface area contributed by atoms with Crippen molar-refractivity contribution in [3.05, 3.63) is 0 Å². The van der Waals surface area contributed by atoms with Crippen LogP contribution in [0.4, 0.5) is 0 Å². The van der Waals surface area contributed by atoms with E-state index in [9.17, 15) is 4.79 Å². The van der Waals surface area contributed by atoms with Gasteiger partial charge in [-0.2, -0.15) is 0 Å². The predicted molar refractivity (Wildman–Crippen MR) is 48.9 cm³/mol. The molecule has 0 aromatic carbocycles. The summed E-state index contributed by atoms with van der Waals surface area (Å²) in [5.74, 6) is 2.11.